The van der Waals surface area contributed by atoms with E-state index in [9.17, 15) is 19.6 Å². The van der Waals surface area contributed by atoms with Crippen molar-refractivity contribution >= 4 is 35.2 Å². The fourth-order valence-corrected chi connectivity index (χ4v) is 5.17. The van der Waals surface area contributed by atoms with Gasteiger partial charge in [-0.3, -0.25) is 14.4 Å². The fraction of sp³-hybridized carbons (Fsp3) is 0.276. The van der Waals surface area contributed by atoms with Gasteiger partial charge in [-0.2, -0.15) is 5.26 Å². The number of nitrogens with zero attached hydrogens (tertiary/aromatic N) is 4. The quantitative estimate of drug-likeness (QED) is 0.284. The van der Waals surface area contributed by atoms with Crippen LogP contribution in [0.1, 0.15) is 36.6 Å². The van der Waals surface area contributed by atoms with E-state index >= 15 is 0 Å². The second kappa shape index (κ2) is 12.4. The van der Waals surface area contributed by atoms with Gasteiger partial charge in [0.25, 0.3) is 5.91 Å². The molecule has 2 heterocycles. The Kier molecular flexibility index (Phi) is 8.77. The number of hydrogen-bond donors (Lipinski definition) is 0. The number of thioether (sulfide) groups is 1. The Bertz CT molecular complexity index is 1360. The van der Waals surface area contributed by atoms with Gasteiger partial charge in [0, 0.05) is 12.2 Å². The van der Waals surface area contributed by atoms with Gasteiger partial charge in [0.2, 0.25) is 11.8 Å². The second-order valence-corrected chi connectivity index (χ2v) is 9.76. The highest BCUT2D eigenvalue weighted by atomic mass is 32.2. The summed E-state index contributed by atoms with van der Waals surface area (Å²) in [6.07, 6.45) is 1.57. The van der Waals surface area contributed by atoms with Crippen molar-refractivity contribution in [3.63, 3.8) is 0 Å². The molecule has 4 rings (SSSR count). The summed E-state index contributed by atoms with van der Waals surface area (Å²) >= 11 is 1.17. The summed E-state index contributed by atoms with van der Waals surface area (Å²) in [5, 5.41) is 10.0. The van der Waals surface area contributed by atoms with Gasteiger partial charge >= 0.3 is 0 Å². The molecule has 0 radical (unpaired) electrons. The average Bonchev–Trinajstić information content (AvgIpc) is 3.24. The highest BCUT2D eigenvalue weighted by Gasteiger charge is 2.44. The van der Waals surface area contributed by atoms with Gasteiger partial charge < -0.3 is 9.64 Å². The van der Waals surface area contributed by atoms with Crippen LogP contribution in [0.5, 0.6) is 5.75 Å². The van der Waals surface area contributed by atoms with Crippen molar-refractivity contribution in [2.45, 2.75) is 43.8 Å². The third-order valence-corrected chi connectivity index (χ3v) is 7.20. The lowest BCUT2D eigenvalue weighted by molar-refractivity contribution is -0.136. The lowest BCUT2D eigenvalue weighted by Crippen LogP contribution is -2.45. The molecule has 0 saturated carbocycles. The number of carbonyl (C=O) groups excluding carboxylic acids is 3. The van der Waals surface area contributed by atoms with Crippen LogP contribution in [-0.4, -0.2) is 46.5 Å². The average molecular weight is 529 g/mol. The van der Waals surface area contributed by atoms with Crippen LogP contribution in [0.2, 0.25) is 0 Å². The largest absolute Gasteiger partial charge is 0.497 e. The van der Waals surface area contributed by atoms with Crippen LogP contribution in [0.15, 0.2) is 71.8 Å². The molecule has 1 saturated heterocycles. The van der Waals surface area contributed by atoms with Crippen LogP contribution < -0.4 is 9.64 Å². The van der Waals surface area contributed by atoms with Crippen molar-refractivity contribution in [2.75, 3.05) is 17.8 Å². The molecule has 1 aliphatic heterocycles. The van der Waals surface area contributed by atoms with Gasteiger partial charge in [-0.05, 0) is 48.4 Å². The predicted molar refractivity (Wildman–Crippen MR) is 145 cm³/mol. The molecule has 1 aliphatic rings. The summed E-state index contributed by atoms with van der Waals surface area (Å²) in [5.74, 6) is -0.548. The van der Waals surface area contributed by atoms with E-state index in [0.717, 1.165) is 29.0 Å². The minimum Gasteiger partial charge on any atom is -0.497 e. The van der Waals surface area contributed by atoms with E-state index in [4.69, 9.17) is 4.74 Å². The topological polar surface area (TPSA) is 104 Å². The summed E-state index contributed by atoms with van der Waals surface area (Å²) in [6, 6.07) is 20.7. The van der Waals surface area contributed by atoms with E-state index in [-0.39, 0.29) is 30.5 Å². The van der Waals surface area contributed by atoms with Crippen molar-refractivity contribution in [3.8, 4) is 11.8 Å². The maximum Gasteiger partial charge on any atom is 0.257 e. The van der Waals surface area contributed by atoms with Gasteiger partial charge in [-0.25, -0.2) is 9.88 Å². The van der Waals surface area contributed by atoms with Gasteiger partial charge in [-0.15, -0.1) is 0 Å². The lowest BCUT2D eigenvalue weighted by Gasteiger charge is -2.28. The number of aromatic nitrogens is 1. The maximum atomic E-state index is 13.6. The Morgan fingerprint density at radius 1 is 1.13 bits per heavy atom. The van der Waals surface area contributed by atoms with Gasteiger partial charge in [0.05, 0.1) is 30.5 Å². The van der Waals surface area contributed by atoms with Gasteiger partial charge in [-0.1, -0.05) is 55.4 Å². The molecule has 2 aromatic carbocycles. The summed E-state index contributed by atoms with van der Waals surface area (Å²) < 4.78 is 5.17. The van der Waals surface area contributed by atoms with Crippen LogP contribution in [0.4, 0.5) is 5.69 Å². The van der Waals surface area contributed by atoms with Gasteiger partial charge in [0.15, 0.2) is 0 Å². The van der Waals surface area contributed by atoms with Crippen molar-refractivity contribution in [1.29, 1.82) is 5.26 Å². The Hall–Kier alpha value is -4.16. The SMILES string of the molecule is CCCc1ccc(C#N)c(SCC(=O)N(Cc2ccccc2)C2CC(=O)N(c3ccc(OC)cc3)C2=O)n1. The summed E-state index contributed by atoms with van der Waals surface area (Å²) in [4.78, 5) is 47.3. The summed E-state index contributed by atoms with van der Waals surface area (Å²) in [7, 11) is 1.54. The number of anilines is 1. The first-order valence-corrected chi connectivity index (χ1v) is 13.3. The molecule has 1 aromatic heterocycles. The van der Waals surface area contributed by atoms with Crippen LogP contribution in [0.25, 0.3) is 0 Å². The van der Waals surface area contributed by atoms with Crippen LogP contribution >= 0.6 is 11.8 Å². The Balaban J connectivity index is 1.58. The third kappa shape index (κ3) is 6.03. The fourth-order valence-electron chi connectivity index (χ4n) is 4.30. The molecule has 3 aromatic rings. The molecule has 0 spiro atoms. The molecule has 38 heavy (non-hydrogen) atoms. The number of imide groups is 1. The summed E-state index contributed by atoms with van der Waals surface area (Å²) in [6.45, 7) is 2.22. The zero-order chi connectivity index (χ0) is 27.1. The number of amides is 3. The maximum absolute atomic E-state index is 13.6. The van der Waals surface area contributed by atoms with E-state index in [0.29, 0.717) is 22.0 Å². The molecule has 194 valence electrons. The smallest absolute Gasteiger partial charge is 0.257 e. The van der Waals surface area contributed by atoms with Crippen molar-refractivity contribution in [3.05, 3.63) is 83.6 Å². The van der Waals surface area contributed by atoms with E-state index in [1.54, 1.807) is 30.3 Å². The third-order valence-electron chi connectivity index (χ3n) is 6.22. The molecule has 1 fully saturated rings. The molecule has 1 unspecified atom stereocenters. The number of pyridine rings is 1. The number of methoxy groups -OCH3 is 1. The number of benzene rings is 2. The molecule has 9 heteroatoms. The van der Waals surface area contributed by atoms with Crippen molar-refractivity contribution in [2.24, 2.45) is 0 Å². The second-order valence-electron chi connectivity index (χ2n) is 8.80. The molecule has 3 amide bonds. The summed E-state index contributed by atoms with van der Waals surface area (Å²) in [5.41, 5.74) is 2.53. The lowest BCUT2D eigenvalue weighted by atomic mass is 10.1. The van der Waals surface area contributed by atoms with Crippen LogP contribution in [-0.2, 0) is 27.3 Å². The van der Waals surface area contributed by atoms with Crippen molar-refractivity contribution < 1.29 is 19.1 Å². The Labute approximate surface area is 226 Å². The van der Waals surface area contributed by atoms with Crippen LogP contribution in [0.3, 0.4) is 0 Å². The number of hydrogen-bond acceptors (Lipinski definition) is 7. The van der Waals surface area contributed by atoms with Crippen molar-refractivity contribution in [1.82, 2.24) is 9.88 Å². The molecule has 1 atom stereocenters. The molecule has 8 nitrogen and oxygen atoms in total. The number of nitriles is 1. The predicted octanol–water partition coefficient (Wildman–Crippen LogP) is 4.37. The monoisotopic (exact) mass is 528 g/mol. The zero-order valence-electron chi connectivity index (χ0n) is 21.3. The first kappa shape index (κ1) is 26.9. The van der Waals surface area contributed by atoms with Gasteiger partial charge in [0.1, 0.15) is 22.9 Å². The molecule has 0 bridgehead atoms. The highest BCUT2D eigenvalue weighted by molar-refractivity contribution is 8.00. The standard InChI is InChI=1S/C29H28N4O4S/c1-3-7-22-11-10-21(17-30)28(31-22)38-19-27(35)32(18-20-8-5-4-6-9-20)25-16-26(34)33(29(25)36)23-12-14-24(37-2)15-13-23/h4-6,8-15,25H,3,7,16,18-19H2,1-2H3. The molecule has 0 aliphatic carbocycles. The molecular weight excluding hydrogens is 500 g/mol. The van der Waals surface area contributed by atoms with Crippen LogP contribution in [0, 0.1) is 11.3 Å². The number of ether oxygens (including phenoxy) is 1. The first-order valence-electron chi connectivity index (χ1n) is 12.3. The molecule has 0 N–H and O–H groups in total. The Morgan fingerprint density at radius 2 is 1.87 bits per heavy atom. The van der Waals surface area contributed by atoms with E-state index in [1.165, 1.54) is 23.8 Å². The Morgan fingerprint density at radius 3 is 2.53 bits per heavy atom. The molecular formula is C29H28N4O4S. The van der Waals surface area contributed by atoms with E-state index in [2.05, 4.69) is 11.1 Å². The van der Waals surface area contributed by atoms with E-state index in [1.807, 2.05) is 43.3 Å². The number of carbonyl (C=O) groups is 3. The first-order chi connectivity index (χ1) is 18.4. The zero-order valence-corrected chi connectivity index (χ0v) is 22.1. The number of aryl methyl sites for hydroxylation is 1. The number of rotatable bonds is 10. The normalized spacial score (nSPS) is 14.9. The highest BCUT2D eigenvalue weighted by Crippen LogP contribution is 2.29. The minimum atomic E-state index is -0.937. The minimum absolute atomic E-state index is 0.0232. The van der Waals surface area contributed by atoms with E-state index < -0.39 is 11.9 Å².